The van der Waals surface area contributed by atoms with Gasteiger partial charge in [-0.25, -0.2) is 8.42 Å². The van der Waals surface area contributed by atoms with Crippen LogP contribution < -0.4 is 10.1 Å². The Morgan fingerprint density at radius 3 is 2.71 bits per heavy atom. The van der Waals surface area contributed by atoms with Crippen LogP contribution in [0.3, 0.4) is 0 Å². The van der Waals surface area contributed by atoms with Gasteiger partial charge in [0, 0.05) is 11.8 Å². The number of halogens is 1. The summed E-state index contributed by atoms with van der Waals surface area (Å²) in [7, 11) is -3.64. The van der Waals surface area contributed by atoms with Gasteiger partial charge in [0.1, 0.15) is 22.1 Å². The van der Waals surface area contributed by atoms with Gasteiger partial charge in [-0.1, -0.05) is 29.5 Å². The average Bonchev–Trinajstić information content (AvgIpc) is 3.40. The van der Waals surface area contributed by atoms with Crippen LogP contribution in [0.4, 0.5) is 11.6 Å². The molecule has 31 heavy (non-hydrogen) atoms. The van der Waals surface area contributed by atoms with Gasteiger partial charge >= 0.3 is 0 Å². The molecule has 1 aliphatic carbocycles. The summed E-state index contributed by atoms with van der Waals surface area (Å²) in [5.41, 5.74) is 1.35. The Bertz CT molecular complexity index is 1160. The zero-order valence-corrected chi connectivity index (χ0v) is 18.4. The summed E-state index contributed by atoms with van der Waals surface area (Å²) in [4.78, 5) is -0.124. The number of anilines is 2. The molecule has 3 N–H and O–H groups in total. The molecule has 1 heterocycles. The Morgan fingerprint density at radius 2 is 2.03 bits per heavy atom. The van der Waals surface area contributed by atoms with Crippen LogP contribution in [0.1, 0.15) is 31.2 Å². The van der Waals surface area contributed by atoms with Crippen molar-refractivity contribution in [3.8, 4) is 17.2 Å². The first-order valence-electron chi connectivity index (χ1n) is 9.86. The van der Waals surface area contributed by atoms with Crippen molar-refractivity contribution in [2.24, 2.45) is 5.92 Å². The first kappa shape index (κ1) is 21.4. The molecule has 1 saturated carbocycles. The zero-order chi connectivity index (χ0) is 22.0. The fraction of sp³-hybridized carbons (Fsp3) is 0.350. The lowest BCUT2D eigenvalue weighted by atomic mass is 10.1. The summed E-state index contributed by atoms with van der Waals surface area (Å²) in [5, 5.41) is 26.9. The number of aromatic amines is 1. The number of nitrogens with one attached hydrogen (secondary N) is 2. The van der Waals surface area contributed by atoms with Gasteiger partial charge in [0.2, 0.25) is 0 Å². The number of phenolic OH excluding ortho intramolecular Hbond substituents is 1. The monoisotopic (exact) mass is 463 g/mol. The van der Waals surface area contributed by atoms with Gasteiger partial charge in [-0.05, 0) is 60.7 Å². The lowest BCUT2D eigenvalue weighted by Gasteiger charge is -2.15. The number of phenols is 1. The van der Waals surface area contributed by atoms with E-state index in [9.17, 15) is 13.5 Å². The Labute approximate surface area is 184 Å². The van der Waals surface area contributed by atoms with Crippen molar-refractivity contribution in [2.45, 2.75) is 37.5 Å². The fourth-order valence-electron chi connectivity index (χ4n) is 3.78. The highest BCUT2D eigenvalue weighted by Crippen LogP contribution is 2.38. The van der Waals surface area contributed by atoms with E-state index in [0.29, 0.717) is 28.0 Å². The molecule has 2 aromatic carbocycles. The number of hydrogen-bond acceptors (Lipinski definition) is 8. The topological polar surface area (TPSA) is 130 Å². The number of tetrazole rings is 1. The minimum atomic E-state index is -3.64. The third-order valence-electron chi connectivity index (χ3n) is 5.25. The third kappa shape index (κ3) is 4.91. The van der Waals surface area contributed by atoms with E-state index in [1.807, 2.05) is 0 Å². The van der Waals surface area contributed by atoms with E-state index in [1.165, 1.54) is 18.2 Å². The van der Waals surface area contributed by atoms with Gasteiger partial charge in [-0.2, -0.15) is 5.21 Å². The minimum absolute atomic E-state index is 0.0280. The number of benzene rings is 2. The van der Waals surface area contributed by atoms with E-state index in [1.54, 1.807) is 19.1 Å². The van der Waals surface area contributed by atoms with Gasteiger partial charge in [0.05, 0.1) is 10.8 Å². The molecule has 1 fully saturated rings. The number of hydrogen-bond donors (Lipinski definition) is 3. The van der Waals surface area contributed by atoms with Crippen molar-refractivity contribution in [2.75, 3.05) is 11.1 Å². The Morgan fingerprint density at radius 1 is 1.26 bits per heavy atom. The van der Waals surface area contributed by atoms with E-state index in [-0.39, 0.29) is 28.1 Å². The van der Waals surface area contributed by atoms with Crippen molar-refractivity contribution in [3.05, 3.63) is 40.9 Å². The normalized spacial score (nSPS) is 14.6. The van der Waals surface area contributed by atoms with E-state index < -0.39 is 9.84 Å². The number of aromatic hydroxyl groups is 1. The lowest BCUT2D eigenvalue weighted by molar-refractivity contribution is 0.447. The molecule has 0 unspecified atom stereocenters. The highest BCUT2D eigenvalue weighted by molar-refractivity contribution is 7.91. The van der Waals surface area contributed by atoms with Gasteiger partial charge in [0.25, 0.3) is 5.95 Å². The van der Waals surface area contributed by atoms with Crippen molar-refractivity contribution in [1.82, 2.24) is 20.6 Å². The highest BCUT2D eigenvalue weighted by atomic mass is 35.5. The molecule has 4 rings (SSSR count). The van der Waals surface area contributed by atoms with Gasteiger partial charge in [-0.15, -0.1) is 5.10 Å². The van der Waals surface area contributed by atoms with E-state index in [2.05, 4.69) is 25.9 Å². The van der Waals surface area contributed by atoms with E-state index >= 15 is 0 Å². The van der Waals surface area contributed by atoms with Crippen LogP contribution in [0.5, 0.6) is 17.2 Å². The molecule has 11 heteroatoms. The lowest BCUT2D eigenvalue weighted by Crippen LogP contribution is -2.14. The molecule has 3 aromatic rings. The van der Waals surface area contributed by atoms with Crippen LogP contribution in [-0.4, -0.2) is 39.9 Å². The van der Waals surface area contributed by atoms with Crippen LogP contribution >= 0.6 is 11.6 Å². The Kier molecular flexibility index (Phi) is 6.01. The number of aryl methyl sites for hydroxylation is 1. The molecule has 0 radical (unpaired) electrons. The molecule has 0 saturated heterocycles. The average molecular weight is 464 g/mol. The number of rotatable bonds is 7. The number of sulfone groups is 1. The fourth-order valence-corrected chi connectivity index (χ4v) is 5.90. The molecule has 0 spiro atoms. The summed E-state index contributed by atoms with van der Waals surface area (Å²) in [6, 6.07) is 7.60. The SMILES string of the molecule is Cc1cc(Nc2nn[nH]n2)cc(Cl)c1Oc1ccc(O)c(S(=O)(=O)CC2CCCC2)c1. The molecule has 1 aromatic heterocycles. The standard InChI is InChI=1S/C20H22ClN5O4S/c1-12-8-14(22-20-23-25-26-24-20)9-16(21)19(12)30-15-6-7-17(27)18(10-15)31(28,29)11-13-4-2-3-5-13/h6-10,13,27H,2-5,11H2,1H3,(H2,22,23,24,25,26). The maximum Gasteiger partial charge on any atom is 0.267 e. The molecule has 9 nitrogen and oxygen atoms in total. The summed E-state index contributed by atoms with van der Waals surface area (Å²) in [6.45, 7) is 1.81. The largest absolute Gasteiger partial charge is 0.507 e. The van der Waals surface area contributed by atoms with Crippen LogP contribution in [0.25, 0.3) is 0 Å². The minimum Gasteiger partial charge on any atom is -0.507 e. The molecular weight excluding hydrogens is 442 g/mol. The van der Waals surface area contributed by atoms with E-state index in [4.69, 9.17) is 16.3 Å². The molecule has 0 bridgehead atoms. The van der Waals surface area contributed by atoms with Crippen LogP contribution in [-0.2, 0) is 9.84 Å². The third-order valence-corrected chi connectivity index (χ3v) is 7.44. The first-order chi connectivity index (χ1) is 14.8. The summed E-state index contributed by atoms with van der Waals surface area (Å²) >= 11 is 6.40. The smallest absolute Gasteiger partial charge is 0.267 e. The molecule has 164 valence electrons. The summed E-state index contributed by atoms with van der Waals surface area (Å²) in [6.07, 6.45) is 3.89. The number of nitrogens with zero attached hydrogens (tertiary/aromatic N) is 3. The van der Waals surface area contributed by atoms with Gasteiger partial charge in [0.15, 0.2) is 9.84 Å². The van der Waals surface area contributed by atoms with Gasteiger partial charge in [-0.3, -0.25) is 0 Å². The molecule has 0 amide bonds. The number of H-pyrrole nitrogens is 1. The van der Waals surface area contributed by atoms with Crippen molar-refractivity contribution in [3.63, 3.8) is 0 Å². The predicted octanol–water partition coefficient (Wildman–Crippen LogP) is 4.37. The van der Waals surface area contributed by atoms with Crippen molar-refractivity contribution >= 4 is 33.1 Å². The van der Waals surface area contributed by atoms with Crippen molar-refractivity contribution in [1.29, 1.82) is 0 Å². The molecule has 0 atom stereocenters. The van der Waals surface area contributed by atoms with Crippen molar-refractivity contribution < 1.29 is 18.3 Å². The molecule has 1 aliphatic rings. The Balaban J connectivity index is 1.57. The predicted molar refractivity (Wildman–Crippen MR) is 116 cm³/mol. The second kappa shape index (κ2) is 8.72. The van der Waals surface area contributed by atoms with Crippen LogP contribution in [0.15, 0.2) is 35.2 Å². The van der Waals surface area contributed by atoms with Crippen LogP contribution in [0.2, 0.25) is 5.02 Å². The maximum atomic E-state index is 12.9. The number of ether oxygens (including phenoxy) is 1. The maximum absolute atomic E-state index is 12.9. The first-order valence-corrected chi connectivity index (χ1v) is 11.9. The van der Waals surface area contributed by atoms with Crippen LogP contribution in [0, 0.1) is 12.8 Å². The second-order valence-corrected chi connectivity index (χ2v) is 10.0. The quantitative estimate of drug-likeness (QED) is 0.471. The Hall–Kier alpha value is -2.85. The summed E-state index contributed by atoms with van der Waals surface area (Å²) < 4.78 is 31.7. The zero-order valence-electron chi connectivity index (χ0n) is 16.8. The van der Waals surface area contributed by atoms with Gasteiger partial charge < -0.3 is 15.2 Å². The molecular formula is C20H22ClN5O4S. The number of aromatic nitrogens is 4. The second-order valence-electron chi connectivity index (χ2n) is 7.63. The summed E-state index contributed by atoms with van der Waals surface area (Å²) in [5.74, 6) is 0.814. The molecule has 0 aliphatic heterocycles. The highest BCUT2D eigenvalue weighted by Gasteiger charge is 2.27. The van der Waals surface area contributed by atoms with E-state index in [0.717, 1.165) is 25.7 Å².